The fourth-order valence-corrected chi connectivity index (χ4v) is 6.58. The van der Waals surface area contributed by atoms with Crippen LogP contribution < -0.4 is 20.1 Å². The van der Waals surface area contributed by atoms with Gasteiger partial charge in [-0.2, -0.15) is 0 Å². The van der Waals surface area contributed by atoms with E-state index in [1.54, 1.807) is 18.2 Å². The number of hydrogen-bond acceptors (Lipinski definition) is 4. The fraction of sp³-hybridized carbons (Fsp3) is 0.619. The Labute approximate surface area is 165 Å². The van der Waals surface area contributed by atoms with Crippen molar-refractivity contribution in [3.63, 3.8) is 0 Å². The first-order chi connectivity index (χ1) is 13.0. The summed E-state index contributed by atoms with van der Waals surface area (Å²) in [6.07, 6.45) is 8.22. The Morgan fingerprint density at radius 2 is 1.74 bits per heavy atom. The molecule has 0 saturated heterocycles. The van der Waals surface area contributed by atoms with E-state index in [0.717, 1.165) is 17.8 Å². The molecule has 1 aromatic rings. The van der Waals surface area contributed by atoms with Gasteiger partial charge in [0.25, 0.3) is 5.91 Å². The van der Waals surface area contributed by atoms with Gasteiger partial charge in [-0.05, 0) is 99.0 Å². The van der Waals surface area contributed by atoms with Gasteiger partial charge in [-0.1, -0.05) is 0 Å². The molecule has 0 unspecified atom stereocenters. The summed E-state index contributed by atoms with van der Waals surface area (Å²) in [5.41, 5.74) is 0.869. The number of fused-ring (bicyclic) bond motifs is 1. The van der Waals surface area contributed by atoms with Crippen LogP contribution in [-0.4, -0.2) is 23.9 Å². The zero-order valence-corrected chi connectivity index (χ0v) is 16.4. The third-order valence-electron chi connectivity index (χ3n) is 7.21. The number of nitrogens with one attached hydrogen (secondary N) is 2. The van der Waals surface area contributed by atoms with E-state index in [2.05, 4.69) is 17.6 Å². The summed E-state index contributed by atoms with van der Waals surface area (Å²) in [4.78, 5) is 12.5. The third kappa shape index (κ3) is 3.08. The van der Waals surface area contributed by atoms with Crippen molar-refractivity contribution >= 4 is 23.2 Å². The minimum atomic E-state index is -0.219. The number of carbonyl (C=O) groups is 1. The van der Waals surface area contributed by atoms with E-state index in [-0.39, 0.29) is 18.7 Å². The second kappa shape index (κ2) is 6.36. The molecule has 0 radical (unpaired) electrons. The maximum absolute atomic E-state index is 12.5. The molecule has 5 aliphatic rings. The quantitative estimate of drug-likeness (QED) is 0.777. The molecule has 4 fully saturated rings. The maximum atomic E-state index is 12.5. The van der Waals surface area contributed by atoms with Crippen LogP contribution in [0.3, 0.4) is 0 Å². The van der Waals surface area contributed by atoms with Gasteiger partial charge in [-0.15, -0.1) is 0 Å². The Balaban J connectivity index is 1.22. The summed E-state index contributed by atoms with van der Waals surface area (Å²) in [6.45, 7) is 2.44. The van der Waals surface area contributed by atoms with E-state index >= 15 is 0 Å². The highest BCUT2D eigenvalue weighted by molar-refractivity contribution is 7.80. The van der Waals surface area contributed by atoms with Gasteiger partial charge in [0.2, 0.25) is 6.79 Å². The lowest BCUT2D eigenvalue weighted by atomic mass is 9.48. The van der Waals surface area contributed by atoms with E-state index in [0.29, 0.717) is 27.6 Å². The van der Waals surface area contributed by atoms with Crippen LogP contribution in [-0.2, 0) is 0 Å². The summed E-state index contributed by atoms with van der Waals surface area (Å²) in [5.74, 6) is 3.75. The molecule has 2 N–H and O–H groups in total. The molecule has 0 spiro atoms. The summed E-state index contributed by atoms with van der Waals surface area (Å²) in [7, 11) is 0. The number of amides is 1. The largest absolute Gasteiger partial charge is 0.454 e. The lowest BCUT2D eigenvalue weighted by Gasteiger charge is -2.59. The van der Waals surface area contributed by atoms with Crippen LogP contribution in [0.25, 0.3) is 0 Å². The monoisotopic (exact) mass is 386 g/mol. The lowest BCUT2D eigenvalue weighted by Crippen LogP contribution is -2.57. The number of rotatable bonds is 3. The average molecular weight is 387 g/mol. The molecule has 5 nitrogen and oxygen atoms in total. The van der Waals surface area contributed by atoms with E-state index < -0.39 is 0 Å². The first-order valence-electron chi connectivity index (χ1n) is 10.0. The lowest BCUT2D eigenvalue weighted by molar-refractivity contribution is -0.0672. The minimum absolute atomic E-state index is 0.197. The normalized spacial score (nSPS) is 33.6. The minimum Gasteiger partial charge on any atom is -0.454 e. The molecule has 0 aromatic heterocycles. The van der Waals surface area contributed by atoms with Crippen LogP contribution in [0.4, 0.5) is 0 Å². The molecular weight excluding hydrogens is 360 g/mol. The second-order valence-electron chi connectivity index (χ2n) is 9.00. The number of carbonyl (C=O) groups excluding carboxylic acids is 1. The average Bonchev–Trinajstić information content (AvgIpc) is 3.08. The van der Waals surface area contributed by atoms with E-state index in [1.807, 2.05) is 0 Å². The van der Waals surface area contributed by atoms with Crippen LogP contribution in [0.2, 0.25) is 0 Å². The molecule has 1 aromatic carbocycles. The molecule has 1 atom stereocenters. The molecule has 6 rings (SSSR count). The number of hydrogen-bond donors (Lipinski definition) is 2. The van der Waals surface area contributed by atoms with Gasteiger partial charge in [0.05, 0.1) is 0 Å². The Bertz CT molecular complexity index is 758. The maximum Gasteiger partial charge on any atom is 0.257 e. The first kappa shape index (κ1) is 17.3. The van der Waals surface area contributed by atoms with Crippen LogP contribution >= 0.6 is 12.2 Å². The number of benzene rings is 1. The predicted molar refractivity (Wildman–Crippen MR) is 106 cm³/mol. The molecule has 4 bridgehead atoms. The summed E-state index contributed by atoms with van der Waals surface area (Å²) in [6, 6.07) is 5.47. The Morgan fingerprint density at radius 3 is 2.41 bits per heavy atom. The van der Waals surface area contributed by atoms with Gasteiger partial charge < -0.3 is 14.8 Å². The van der Waals surface area contributed by atoms with Crippen LogP contribution in [0, 0.1) is 23.2 Å². The van der Waals surface area contributed by atoms with E-state index in [1.165, 1.54) is 38.5 Å². The van der Waals surface area contributed by atoms with Crippen LogP contribution in [0.1, 0.15) is 55.8 Å². The van der Waals surface area contributed by atoms with Crippen molar-refractivity contribution in [1.29, 1.82) is 0 Å². The zero-order chi connectivity index (χ0) is 18.6. The molecule has 27 heavy (non-hydrogen) atoms. The standard InChI is InChI=1S/C21H26N2O3S/c1-12(21-8-13-4-14(9-21)6-15(5-13)10-21)22-20(27)23-19(24)16-2-3-17-18(7-16)26-11-25-17/h2-3,7,12-15H,4-6,8-11H2,1H3,(H2,22,23,24,27)/t12-,13?,14?,15?,21?/m1/s1. The zero-order valence-electron chi connectivity index (χ0n) is 15.6. The van der Waals surface area contributed by atoms with Crippen molar-refractivity contribution in [3.8, 4) is 11.5 Å². The highest BCUT2D eigenvalue weighted by atomic mass is 32.1. The highest BCUT2D eigenvalue weighted by Gasteiger charge is 2.53. The van der Waals surface area contributed by atoms with Gasteiger partial charge in [0, 0.05) is 11.6 Å². The van der Waals surface area contributed by atoms with Crippen LogP contribution in [0.15, 0.2) is 18.2 Å². The van der Waals surface area contributed by atoms with Gasteiger partial charge in [-0.3, -0.25) is 10.1 Å². The summed E-state index contributed by atoms with van der Waals surface area (Å²) < 4.78 is 10.6. The third-order valence-corrected chi connectivity index (χ3v) is 7.43. The number of thiocarbonyl (C=S) groups is 1. The topological polar surface area (TPSA) is 59.6 Å². The van der Waals surface area contributed by atoms with Crippen molar-refractivity contribution in [2.45, 2.75) is 51.5 Å². The predicted octanol–water partition coefficient (Wildman–Crippen LogP) is 3.62. The van der Waals surface area contributed by atoms with Gasteiger partial charge in [-0.25, -0.2) is 0 Å². The van der Waals surface area contributed by atoms with Crippen molar-refractivity contribution in [3.05, 3.63) is 23.8 Å². The molecule has 4 aliphatic carbocycles. The second-order valence-corrected chi connectivity index (χ2v) is 9.41. The molecule has 1 heterocycles. The van der Waals surface area contributed by atoms with Crippen LogP contribution in [0.5, 0.6) is 11.5 Å². The van der Waals surface area contributed by atoms with Crippen molar-refractivity contribution < 1.29 is 14.3 Å². The Morgan fingerprint density at radius 1 is 1.11 bits per heavy atom. The van der Waals surface area contributed by atoms with Crippen molar-refractivity contribution in [1.82, 2.24) is 10.6 Å². The molecular formula is C21H26N2O3S. The van der Waals surface area contributed by atoms with Gasteiger partial charge in [0.1, 0.15) is 0 Å². The van der Waals surface area contributed by atoms with Gasteiger partial charge in [0.15, 0.2) is 16.6 Å². The molecule has 6 heteroatoms. The highest BCUT2D eigenvalue weighted by Crippen LogP contribution is 2.61. The molecule has 144 valence electrons. The Hall–Kier alpha value is -1.82. The molecule has 1 amide bonds. The fourth-order valence-electron chi connectivity index (χ4n) is 6.31. The van der Waals surface area contributed by atoms with E-state index in [4.69, 9.17) is 21.7 Å². The number of ether oxygens (including phenoxy) is 2. The van der Waals surface area contributed by atoms with Gasteiger partial charge >= 0.3 is 0 Å². The summed E-state index contributed by atoms with van der Waals surface area (Å²) in [5, 5.41) is 6.69. The molecule has 1 aliphatic heterocycles. The smallest absolute Gasteiger partial charge is 0.257 e. The Kier molecular flexibility index (Phi) is 4.08. The molecule has 4 saturated carbocycles. The SMILES string of the molecule is C[C@@H](NC(=S)NC(=O)c1ccc2c(c1)OCO2)C12CC3CC(CC(C3)C1)C2. The van der Waals surface area contributed by atoms with Crippen molar-refractivity contribution in [2.75, 3.05) is 6.79 Å². The van der Waals surface area contributed by atoms with E-state index in [9.17, 15) is 4.79 Å². The van der Waals surface area contributed by atoms with Crippen molar-refractivity contribution in [2.24, 2.45) is 23.2 Å². The summed E-state index contributed by atoms with van der Waals surface area (Å²) >= 11 is 5.46. The first-order valence-corrected chi connectivity index (χ1v) is 10.4.